The van der Waals surface area contributed by atoms with Crippen LogP contribution in [-0.2, 0) is 4.79 Å². The van der Waals surface area contributed by atoms with Crippen molar-refractivity contribution in [3.8, 4) is 11.8 Å². The molecule has 0 saturated carbocycles. The standard InChI is InChI=1S/C20H13Cl2N3O2/c21-13-7-8-16(22)18(9-13)24-11-12(10-23)20(27)25-17-5-1-4-15-14(17)3-2-6-19(15)26/h1-9,11,24,26H,(H,25,27)/b12-11-. The summed E-state index contributed by atoms with van der Waals surface area (Å²) in [6.07, 6.45) is 1.26. The van der Waals surface area contributed by atoms with Crippen LogP contribution in [0.15, 0.2) is 66.4 Å². The fourth-order valence-corrected chi connectivity index (χ4v) is 2.84. The Morgan fingerprint density at radius 1 is 1.04 bits per heavy atom. The number of rotatable bonds is 4. The number of halogens is 2. The molecule has 0 heterocycles. The lowest BCUT2D eigenvalue weighted by molar-refractivity contribution is -0.112. The van der Waals surface area contributed by atoms with E-state index in [2.05, 4.69) is 10.6 Å². The van der Waals surface area contributed by atoms with Crippen LogP contribution in [-0.4, -0.2) is 11.0 Å². The first-order valence-electron chi connectivity index (χ1n) is 7.83. The molecule has 134 valence electrons. The quantitative estimate of drug-likeness (QED) is 0.411. The highest BCUT2D eigenvalue weighted by atomic mass is 35.5. The van der Waals surface area contributed by atoms with E-state index in [9.17, 15) is 15.2 Å². The van der Waals surface area contributed by atoms with Gasteiger partial charge in [-0.1, -0.05) is 47.5 Å². The Balaban J connectivity index is 1.85. The molecule has 3 aromatic rings. The van der Waals surface area contributed by atoms with Crippen molar-refractivity contribution in [1.82, 2.24) is 0 Å². The topological polar surface area (TPSA) is 85.2 Å². The molecule has 0 aromatic heterocycles. The maximum Gasteiger partial charge on any atom is 0.267 e. The summed E-state index contributed by atoms with van der Waals surface area (Å²) in [6, 6.07) is 16.8. The molecule has 0 spiro atoms. The molecule has 0 aliphatic carbocycles. The molecular weight excluding hydrogens is 385 g/mol. The predicted octanol–water partition coefficient (Wildman–Crippen LogP) is 5.31. The summed E-state index contributed by atoms with van der Waals surface area (Å²) in [5, 5.41) is 26.9. The number of phenolic OH excluding ortho intramolecular Hbond substituents is 1. The molecule has 0 atom stereocenters. The highest BCUT2D eigenvalue weighted by Crippen LogP contribution is 2.30. The fourth-order valence-electron chi connectivity index (χ4n) is 2.50. The van der Waals surface area contributed by atoms with Gasteiger partial charge >= 0.3 is 0 Å². The Morgan fingerprint density at radius 3 is 2.56 bits per heavy atom. The molecule has 0 saturated heterocycles. The van der Waals surface area contributed by atoms with Crippen LogP contribution in [0.2, 0.25) is 10.0 Å². The van der Waals surface area contributed by atoms with E-state index in [1.165, 1.54) is 6.20 Å². The third-order valence-electron chi connectivity index (χ3n) is 3.81. The number of amides is 1. The fraction of sp³-hybridized carbons (Fsp3) is 0. The summed E-state index contributed by atoms with van der Waals surface area (Å²) in [4.78, 5) is 12.5. The number of carbonyl (C=O) groups is 1. The minimum Gasteiger partial charge on any atom is -0.507 e. The molecule has 7 heteroatoms. The van der Waals surface area contributed by atoms with Crippen molar-refractivity contribution in [3.63, 3.8) is 0 Å². The highest BCUT2D eigenvalue weighted by Gasteiger charge is 2.12. The maximum absolute atomic E-state index is 12.5. The Labute approximate surface area is 165 Å². The van der Waals surface area contributed by atoms with Crippen LogP contribution in [0.3, 0.4) is 0 Å². The zero-order valence-corrected chi connectivity index (χ0v) is 15.3. The highest BCUT2D eigenvalue weighted by molar-refractivity contribution is 6.35. The first-order valence-corrected chi connectivity index (χ1v) is 8.59. The zero-order chi connectivity index (χ0) is 19.4. The summed E-state index contributed by atoms with van der Waals surface area (Å²) in [6.45, 7) is 0. The lowest BCUT2D eigenvalue weighted by Crippen LogP contribution is -2.14. The SMILES string of the molecule is N#C/C(=C/Nc1cc(Cl)ccc1Cl)C(=O)Nc1cccc2c(O)cccc12. The summed E-state index contributed by atoms with van der Waals surface area (Å²) in [5.41, 5.74) is 0.804. The average molecular weight is 398 g/mol. The summed E-state index contributed by atoms with van der Waals surface area (Å²) in [7, 11) is 0. The summed E-state index contributed by atoms with van der Waals surface area (Å²) < 4.78 is 0. The number of phenols is 1. The first kappa shape index (κ1) is 18.6. The molecule has 3 rings (SSSR count). The number of nitriles is 1. The maximum atomic E-state index is 12.5. The minimum absolute atomic E-state index is 0.108. The number of hydrogen-bond acceptors (Lipinski definition) is 4. The van der Waals surface area contributed by atoms with Crippen LogP contribution in [0.4, 0.5) is 11.4 Å². The molecule has 5 nitrogen and oxygen atoms in total. The van der Waals surface area contributed by atoms with Gasteiger partial charge in [0.05, 0.1) is 10.7 Å². The van der Waals surface area contributed by atoms with Crippen molar-refractivity contribution in [3.05, 3.63) is 76.4 Å². The van der Waals surface area contributed by atoms with Crippen LogP contribution in [0.5, 0.6) is 5.75 Å². The van der Waals surface area contributed by atoms with Gasteiger partial charge in [0.1, 0.15) is 17.4 Å². The van der Waals surface area contributed by atoms with Crippen LogP contribution < -0.4 is 10.6 Å². The number of benzene rings is 3. The lowest BCUT2D eigenvalue weighted by atomic mass is 10.1. The van der Waals surface area contributed by atoms with Gasteiger partial charge in [0, 0.05) is 27.7 Å². The molecule has 0 radical (unpaired) electrons. The normalized spacial score (nSPS) is 11.1. The molecule has 0 aliphatic rings. The van der Waals surface area contributed by atoms with E-state index in [1.54, 1.807) is 54.6 Å². The van der Waals surface area contributed by atoms with Gasteiger partial charge in [-0.3, -0.25) is 4.79 Å². The second-order valence-electron chi connectivity index (χ2n) is 5.57. The van der Waals surface area contributed by atoms with Gasteiger partial charge < -0.3 is 15.7 Å². The van der Waals surface area contributed by atoms with Crippen molar-refractivity contribution < 1.29 is 9.90 Å². The van der Waals surface area contributed by atoms with Gasteiger partial charge in [-0.15, -0.1) is 0 Å². The van der Waals surface area contributed by atoms with Crippen molar-refractivity contribution >= 4 is 51.3 Å². The largest absolute Gasteiger partial charge is 0.507 e. The van der Waals surface area contributed by atoms with E-state index in [1.807, 2.05) is 6.07 Å². The number of anilines is 2. The molecule has 3 aromatic carbocycles. The molecule has 0 bridgehead atoms. The zero-order valence-electron chi connectivity index (χ0n) is 13.8. The summed E-state index contributed by atoms with van der Waals surface area (Å²) in [5.74, 6) is -0.490. The average Bonchev–Trinajstić information content (AvgIpc) is 2.66. The Morgan fingerprint density at radius 2 is 1.78 bits per heavy atom. The number of nitrogens with one attached hydrogen (secondary N) is 2. The van der Waals surface area contributed by atoms with Crippen LogP contribution in [0, 0.1) is 11.3 Å². The van der Waals surface area contributed by atoms with E-state index < -0.39 is 5.91 Å². The third kappa shape index (κ3) is 4.14. The van der Waals surface area contributed by atoms with Gasteiger partial charge in [0.25, 0.3) is 5.91 Å². The second kappa shape index (κ2) is 8.00. The number of fused-ring (bicyclic) bond motifs is 1. The van der Waals surface area contributed by atoms with Crippen molar-refractivity contribution in [1.29, 1.82) is 5.26 Å². The Bertz CT molecular complexity index is 1100. The molecule has 0 unspecified atom stereocenters. The van der Waals surface area contributed by atoms with E-state index in [0.717, 1.165) is 0 Å². The number of nitrogens with zero attached hydrogens (tertiary/aromatic N) is 1. The third-order valence-corrected chi connectivity index (χ3v) is 4.38. The van der Waals surface area contributed by atoms with Gasteiger partial charge in [-0.05, 0) is 30.3 Å². The van der Waals surface area contributed by atoms with Gasteiger partial charge in [0.2, 0.25) is 0 Å². The van der Waals surface area contributed by atoms with Crippen molar-refractivity contribution in [2.75, 3.05) is 10.6 Å². The molecule has 0 fully saturated rings. The van der Waals surface area contributed by atoms with Crippen LogP contribution in [0.1, 0.15) is 0 Å². The predicted molar refractivity (Wildman–Crippen MR) is 108 cm³/mol. The Hall–Kier alpha value is -3.20. The van der Waals surface area contributed by atoms with E-state index >= 15 is 0 Å². The molecule has 27 heavy (non-hydrogen) atoms. The smallest absolute Gasteiger partial charge is 0.267 e. The molecule has 3 N–H and O–H groups in total. The number of hydrogen-bond donors (Lipinski definition) is 3. The number of aromatic hydroxyl groups is 1. The lowest BCUT2D eigenvalue weighted by Gasteiger charge is -2.10. The van der Waals surface area contributed by atoms with Gasteiger partial charge in [0.15, 0.2) is 0 Å². The minimum atomic E-state index is -0.598. The second-order valence-corrected chi connectivity index (χ2v) is 6.41. The van der Waals surface area contributed by atoms with Crippen LogP contribution in [0.25, 0.3) is 10.8 Å². The molecule has 0 aliphatic heterocycles. The van der Waals surface area contributed by atoms with Gasteiger partial charge in [-0.2, -0.15) is 5.26 Å². The van der Waals surface area contributed by atoms with Gasteiger partial charge in [-0.25, -0.2) is 0 Å². The van der Waals surface area contributed by atoms with E-state index in [0.29, 0.717) is 32.2 Å². The van der Waals surface area contributed by atoms with E-state index in [4.69, 9.17) is 23.2 Å². The molecule has 1 amide bonds. The Kier molecular flexibility index (Phi) is 5.51. The summed E-state index contributed by atoms with van der Waals surface area (Å²) >= 11 is 12.0. The van der Waals surface area contributed by atoms with Crippen molar-refractivity contribution in [2.24, 2.45) is 0 Å². The van der Waals surface area contributed by atoms with Crippen molar-refractivity contribution in [2.45, 2.75) is 0 Å². The number of carbonyl (C=O) groups excluding carboxylic acids is 1. The monoisotopic (exact) mass is 397 g/mol. The van der Waals surface area contributed by atoms with Crippen LogP contribution >= 0.6 is 23.2 Å². The van der Waals surface area contributed by atoms with E-state index in [-0.39, 0.29) is 11.3 Å². The molecular formula is C20H13Cl2N3O2. The first-order chi connectivity index (χ1) is 13.0.